The van der Waals surface area contributed by atoms with Crippen LogP contribution in [0, 0.1) is 5.92 Å². The number of hydrogen-bond donors (Lipinski definition) is 1. The molecule has 0 aromatic heterocycles. The van der Waals surface area contributed by atoms with Crippen LogP contribution in [0.4, 0.5) is 0 Å². The van der Waals surface area contributed by atoms with Crippen LogP contribution in [-0.4, -0.2) is 29.1 Å². The average Bonchev–Trinajstić information content (AvgIpc) is 2.39. The van der Waals surface area contributed by atoms with E-state index in [1.54, 1.807) is 6.20 Å². The van der Waals surface area contributed by atoms with Crippen molar-refractivity contribution < 1.29 is 9.90 Å². The van der Waals surface area contributed by atoms with Crippen LogP contribution in [0.1, 0.15) is 32.6 Å². The summed E-state index contributed by atoms with van der Waals surface area (Å²) < 4.78 is 0. The summed E-state index contributed by atoms with van der Waals surface area (Å²) in [5.74, 6) is -0.0282. The molecular formula is C11H19NO2. The van der Waals surface area contributed by atoms with Crippen molar-refractivity contribution in [2.24, 2.45) is 5.92 Å². The maximum Gasteiger partial charge on any atom is 0.329 e. The summed E-state index contributed by atoms with van der Waals surface area (Å²) in [6.07, 6.45) is 7.85. The van der Waals surface area contributed by atoms with Crippen molar-refractivity contribution in [3.05, 3.63) is 12.3 Å². The lowest BCUT2D eigenvalue weighted by atomic mass is 9.98. The molecule has 1 aliphatic heterocycles. The highest BCUT2D eigenvalue weighted by Crippen LogP contribution is 2.20. The highest BCUT2D eigenvalue weighted by Gasteiger charge is 2.13. The first kappa shape index (κ1) is 11.1. The van der Waals surface area contributed by atoms with Crippen molar-refractivity contribution in [3.63, 3.8) is 0 Å². The van der Waals surface area contributed by atoms with Crippen LogP contribution in [0.15, 0.2) is 12.3 Å². The van der Waals surface area contributed by atoms with Gasteiger partial charge in [0, 0.05) is 25.4 Å². The van der Waals surface area contributed by atoms with Gasteiger partial charge in [-0.2, -0.15) is 0 Å². The lowest BCUT2D eigenvalue weighted by Crippen LogP contribution is -2.18. The number of aliphatic carboxylic acids is 1. The molecule has 80 valence electrons. The first-order valence-corrected chi connectivity index (χ1v) is 5.37. The molecule has 1 fully saturated rings. The molecule has 0 aromatic carbocycles. The van der Waals surface area contributed by atoms with E-state index >= 15 is 0 Å². The summed E-state index contributed by atoms with van der Waals surface area (Å²) in [4.78, 5) is 12.4. The topological polar surface area (TPSA) is 40.5 Å². The molecule has 1 saturated heterocycles. The van der Waals surface area contributed by atoms with Crippen LogP contribution in [0.5, 0.6) is 0 Å². The van der Waals surface area contributed by atoms with Gasteiger partial charge in [0.25, 0.3) is 0 Å². The fourth-order valence-corrected chi connectivity index (χ4v) is 1.91. The molecule has 3 heteroatoms. The van der Waals surface area contributed by atoms with Crippen LogP contribution in [0.3, 0.4) is 0 Å². The highest BCUT2D eigenvalue weighted by molar-refractivity contribution is 5.79. The Morgan fingerprint density at radius 1 is 1.50 bits per heavy atom. The SMILES string of the molecule is CCC1CCCN(C=CC(=O)O)CC1. The van der Waals surface area contributed by atoms with E-state index in [2.05, 4.69) is 11.8 Å². The number of carboxylic acid groups (broad SMARTS) is 1. The third kappa shape index (κ3) is 3.81. The molecule has 1 atom stereocenters. The van der Waals surface area contributed by atoms with Crippen LogP contribution < -0.4 is 0 Å². The molecule has 14 heavy (non-hydrogen) atoms. The quantitative estimate of drug-likeness (QED) is 0.704. The summed E-state index contributed by atoms with van der Waals surface area (Å²) in [5, 5.41) is 8.50. The van der Waals surface area contributed by atoms with E-state index in [-0.39, 0.29) is 0 Å². The fraction of sp³-hybridized carbons (Fsp3) is 0.727. The zero-order valence-electron chi connectivity index (χ0n) is 8.78. The van der Waals surface area contributed by atoms with Gasteiger partial charge in [0.05, 0.1) is 0 Å². The zero-order chi connectivity index (χ0) is 10.4. The Hall–Kier alpha value is -0.990. The van der Waals surface area contributed by atoms with Gasteiger partial charge in [-0.15, -0.1) is 0 Å². The second-order valence-electron chi connectivity index (χ2n) is 3.90. The predicted octanol–water partition coefficient (Wildman–Crippen LogP) is 2.10. The summed E-state index contributed by atoms with van der Waals surface area (Å²) in [6, 6.07) is 0. The summed E-state index contributed by atoms with van der Waals surface area (Å²) in [5.41, 5.74) is 0. The summed E-state index contributed by atoms with van der Waals surface area (Å²) in [6.45, 7) is 4.23. The Morgan fingerprint density at radius 2 is 2.29 bits per heavy atom. The van der Waals surface area contributed by atoms with Crippen LogP contribution in [-0.2, 0) is 4.79 Å². The number of carboxylic acids is 1. The monoisotopic (exact) mass is 197 g/mol. The minimum absolute atomic E-state index is 0.832. The molecule has 0 aromatic rings. The van der Waals surface area contributed by atoms with E-state index in [0.717, 1.165) is 19.0 Å². The lowest BCUT2D eigenvalue weighted by molar-refractivity contribution is -0.131. The van der Waals surface area contributed by atoms with Gasteiger partial charge in [0.2, 0.25) is 0 Å². The Balaban J connectivity index is 2.38. The molecule has 0 saturated carbocycles. The maximum atomic E-state index is 10.3. The number of carbonyl (C=O) groups is 1. The molecule has 0 amide bonds. The molecule has 3 nitrogen and oxygen atoms in total. The number of rotatable bonds is 3. The van der Waals surface area contributed by atoms with Gasteiger partial charge in [-0.05, 0) is 25.2 Å². The van der Waals surface area contributed by atoms with Crippen molar-refractivity contribution in [2.75, 3.05) is 13.1 Å². The Kier molecular flexibility index (Phi) is 4.50. The second kappa shape index (κ2) is 5.68. The van der Waals surface area contributed by atoms with Gasteiger partial charge < -0.3 is 10.0 Å². The Bertz CT molecular complexity index is 213. The summed E-state index contributed by atoms with van der Waals surface area (Å²) in [7, 11) is 0. The van der Waals surface area contributed by atoms with Crippen molar-refractivity contribution in [3.8, 4) is 0 Å². The second-order valence-corrected chi connectivity index (χ2v) is 3.90. The van der Waals surface area contributed by atoms with Crippen molar-refractivity contribution in [1.29, 1.82) is 0 Å². The highest BCUT2D eigenvalue weighted by atomic mass is 16.4. The predicted molar refractivity (Wildman–Crippen MR) is 56.0 cm³/mol. The molecule has 0 spiro atoms. The first-order chi connectivity index (χ1) is 6.72. The third-order valence-electron chi connectivity index (χ3n) is 2.89. The van der Waals surface area contributed by atoms with E-state index in [9.17, 15) is 4.79 Å². The van der Waals surface area contributed by atoms with Gasteiger partial charge in [-0.3, -0.25) is 0 Å². The van der Waals surface area contributed by atoms with Gasteiger partial charge in [-0.1, -0.05) is 13.3 Å². The third-order valence-corrected chi connectivity index (χ3v) is 2.89. The molecule has 1 rings (SSSR count). The average molecular weight is 197 g/mol. The van der Waals surface area contributed by atoms with E-state index in [0.29, 0.717) is 0 Å². The van der Waals surface area contributed by atoms with Gasteiger partial charge in [0.15, 0.2) is 0 Å². The van der Waals surface area contributed by atoms with Crippen molar-refractivity contribution in [1.82, 2.24) is 4.90 Å². The van der Waals surface area contributed by atoms with Crippen LogP contribution in [0.2, 0.25) is 0 Å². The molecule has 0 aliphatic carbocycles. The fourth-order valence-electron chi connectivity index (χ4n) is 1.91. The minimum atomic E-state index is -0.860. The summed E-state index contributed by atoms with van der Waals surface area (Å²) >= 11 is 0. The lowest BCUT2D eigenvalue weighted by Gasteiger charge is -2.16. The number of hydrogen-bond acceptors (Lipinski definition) is 2. The molecule has 1 unspecified atom stereocenters. The zero-order valence-corrected chi connectivity index (χ0v) is 8.78. The molecule has 1 heterocycles. The largest absolute Gasteiger partial charge is 0.478 e. The van der Waals surface area contributed by atoms with E-state index in [1.807, 2.05) is 0 Å². The molecule has 1 N–H and O–H groups in total. The van der Waals surface area contributed by atoms with Gasteiger partial charge >= 0.3 is 5.97 Å². The molecule has 0 radical (unpaired) electrons. The normalized spacial score (nSPS) is 23.8. The Morgan fingerprint density at radius 3 is 2.93 bits per heavy atom. The van der Waals surface area contributed by atoms with E-state index < -0.39 is 5.97 Å². The molecule has 0 bridgehead atoms. The van der Waals surface area contributed by atoms with Crippen molar-refractivity contribution in [2.45, 2.75) is 32.6 Å². The van der Waals surface area contributed by atoms with E-state index in [4.69, 9.17) is 5.11 Å². The smallest absolute Gasteiger partial charge is 0.329 e. The Labute approximate surface area is 85.4 Å². The maximum absolute atomic E-state index is 10.3. The minimum Gasteiger partial charge on any atom is -0.478 e. The van der Waals surface area contributed by atoms with Gasteiger partial charge in [-0.25, -0.2) is 4.79 Å². The molecule has 1 aliphatic rings. The number of nitrogens with zero attached hydrogens (tertiary/aromatic N) is 1. The standard InChI is InChI=1S/C11H19NO2/c1-2-10-4-3-7-12(8-5-10)9-6-11(13)14/h6,9-10H,2-5,7-8H2,1H3,(H,13,14). The van der Waals surface area contributed by atoms with Gasteiger partial charge in [0.1, 0.15) is 0 Å². The number of likely N-dealkylation sites (tertiary alicyclic amines) is 1. The van der Waals surface area contributed by atoms with Crippen LogP contribution in [0.25, 0.3) is 0 Å². The first-order valence-electron chi connectivity index (χ1n) is 5.37. The van der Waals surface area contributed by atoms with Crippen LogP contribution >= 0.6 is 0 Å². The molecular weight excluding hydrogens is 178 g/mol. The van der Waals surface area contributed by atoms with E-state index in [1.165, 1.54) is 31.8 Å². The van der Waals surface area contributed by atoms with Crippen molar-refractivity contribution >= 4 is 5.97 Å².